The lowest BCUT2D eigenvalue weighted by molar-refractivity contribution is 0.181. The van der Waals surface area contributed by atoms with Gasteiger partial charge in [0, 0.05) is 42.8 Å². The number of hydrogen-bond donors (Lipinski definition) is 0. The zero-order valence-electron chi connectivity index (χ0n) is 15.1. The van der Waals surface area contributed by atoms with Crippen LogP contribution in [0.3, 0.4) is 0 Å². The Morgan fingerprint density at radius 1 is 1.00 bits per heavy atom. The van der Waals surface area contributed by atoms with E-state index >= 15 is 0 Å². The van der Waals surface area contributed by atoms with Gasteiger partial charge >= 0.3 is 0 Å². The molecule has 0 radical (unpaired) electrons. The van der Waals surface area contributed by atoms with E-state index in [2.05, 4.69) is 4.90 Å². The maximum atomic E-state index is 12.8. The van der Waals surface area contributed by atoms with E-state index in [9.17, 15) is 8.42 Å². The first kappa shape index (κ1) is 20.4. The highest BCUT2D eigenvalue weighted by molar-refractivity contribution is 7.89. The van der Waals surface area contributed by atoms with Gasteiger partial charge in [0.2, 0.25) is 10.0 Å². The molecule has 2 aromatic carbocycles. The first-order valence-corrected chi connectivity index (χ1v) is 11.0. The van der Waals surface area contributed by atoms with Crippen molar-refractivity contribution in [2.24, 2.45) is 0 Å². The van der Waals surface area contributed by atoms with Gasteiger partial charge in [-0.15, -0.1) is 0 Å². The summed E-state index contributed by atoms with van der Waals surface area (Å²) >= 11 is 12.2. The van der Waals surface area contributed by atoms with Gasteiger partial charge in [0.1, 0.15) is 5.75 Å². The Kier molecular flexibility index (Phi) is 6.65. The van der Waals surface area contributed by atoms with Crippen molar-refractivity contribution in [3.8, 4) is 5.75 Å². The average molecular weight is 429 g/mol. The predicted octanol–water partition coefficient (Wildman–Crippen LogP) is 3.90. The molecule has 146 valence electrons. The summed E-state index contributed by atoms with van der Waals surface area (Å²) in [6.07, 6.45) is 0. The Morgan fingerprint density at radius 3 is 2.26 bits per heavy atom. The summed E-state index contributed by atoms with van der Waals surface area (Å²) in [4.78, 5) is 2.49. The molecule has 8 heteroatoms. The van der Waals surface area contributed by atoms with Gasteiger partial charge < -0.3 is 4.74 Å². The van der Waals surface area contributed by atoms with Gasteiger partial charge in [0.05, 0.1) is 11.5 Å². The van der Waals surface area contributed by atoms with Crippen LogP contribution in [0.4, 0.5) is 0 Å². The molecule has 3 rings (SSSR count). The van der Waals surface area contributed by atoms with Gasteiger partial charge in [-0.3, -0.25) is 4.90 Å². The van der Waals surface area contributed by atoms with Crippen LogP contribution < -0.4 is 4.74 Å². The lowest BCUT2D eigenvalue weighted by Crippen LogP contribution is -2.48. The summed E-state index contributed by atoms with van der Waals surface area (Å²) in [7, 11) is -3.50. The van der Waals surface area contributed by atoms with Crippen LogP contribution in [0.25, 0.3) is 0 Å². The summed E-state index contributed by atoms with van der Waals surface area (Å²) in [6.45, 7) is 5.30. The van der Waals surface area contributed by atoms with Gasteiger partial charge in [-0.25, -0.2) is 8.42 Å². The lowest BCUT2D eigenvalue weighted by Gasteiger charge is -2.34. The highest BCUT2D eigenvalue weighted by Crippen LogP contribution is 2.24. The Bertz CT molecular complexity index is 880. The van der Waals surface area contributed by atoms with Crippen molar-refractivity contribution >= 4 is 33.2 Å². The Balaban J connectivity index is 1.62. The quantitative estimate of drug-likeness (QED) is 0.699. The number of rotatable bonds is 6. The van der Waals surface area contributed by atoms with Crippen molar-refractivity contribution in [2.75, 3.05) is 32.8 Å². The van der Waals surface area contributed by atoms with Crippen LogP contribution in [0.1, 0.15) is 12.5 Å². The second kappa shape index (κ2) is 8.80. The summed E-state index contributed by atoms with van der Waals surface area (Å²) in [5.41, 5.74) is 0.990. The third kappa shape index (κ3) is 4.95. The van der Waals surface area contributed by atoms with E-state index in [1.165, 1.54) is 4.31 Å². The number of piperazine rings is 1. The number of nitrogens with zero attached hydrogens (tertiary/aromatic N) is 2. The molecule has 0 amide bonds. The van der Waals surface area contributed by atoms with Crippen molar-refractivity contribution in [2.45, 2.75) is 18.4 Å². The number of sulfonamides is 1. The fourth-order valence-electron chi connectivity index (χ4n) is 3.04. The SMILES string of the molecule is CCOc1ccc(S(=O)(=O)N2CCN(Cc3ccc(Cl)cc3Cl)CC2)cc1. The molecule has 1 heterocycles. The van der Waals surface area contributed by atoms with Gasteiger partial charge in [-0.05, 0) is 48.9 Å². The van der Waals surface area contributed by atoms with Gasteiger partial charge in [-0.1, -0.05) is 29.3 Å². The van der Waals surface area contributed by atoms with Crippen LogP contribution in [0.15, 0.2) is 47.4 Å². The molecule has 27 heavy (non-hydrogen) atoms. The maximum Gasteiger partial charge on any atom is 0.243 e. The summed E-state index contributed by atoms with van der Waals surface area (Å²) in [5.74, 6) is 0.668. The molecule has 1 aliphatic heterocycles. The zero-order valence-corrected chi connectivity index (χ0v) is 17.4. The molecule has 5 nitrogen and oxygen atoms in total. The van der Waals surface area contributed by atoms with E-state index in [0.29, 0.717) is 60.0 Å². The molecular formula is C19H22Cl2N2O3S. The van der Waals surface area contributed by atoms with Crippen LogP contribution in [0.5, 0.6) is 5.75 Å². The number of benzene rings is 2. The summed E-state index contributed by atoms with van der Waals surface area (Å²) in [6, 6.07) is 12.0. The van der Waals surface area contributed by atoms with E-state index < -0.39 is 10.0 Å². The van der Waals surface area contributed by atoms with Gasteiger partial charge in [0.25, 0.3) is 0 Å². The largest absolute Gasteiger partial charge is 0.494 e. The first-order chi connectivity index (χ1) is 12.9. The molecule has 0 unspecified atom stereocenters. The summed E-state index contributed by atoms with van der Waals surface area (Å²) in [5, 5.41) is 1.24. The minimum absolute atomic E-state index is 0.292. The molecule has 2 aromatic rings. The average Bonchev–Trinajstić information content (AvgIpc) is 2.65. The normalized spacial score (nSPS) is 16.4. The standard InChI is InChI=1S/C19H22Cl2N2O3S/c1-2-26-17-5-7-18(8-6-17)27(24,25)23-11-9-22(10-12-23)14-15-3-4-16(20)13-19(15)21/h3-8,13H,2,9-12,14H2,1H3. The number of halogens is 2. The van der Waals surface area contributed by atoms with Crippen LogP contribution in [0.2, 0.25) is 10.0 Å². The number of ether oxygens (including phenoxy) is 1. The van der Waals surface area contributed by atoms with E-state index in [-0.39, 0.29) is 0 Å². The van der Waals surface area contributed by atoms with Gasteiger partial charge in [-0.2, -0.15) is 4.31 Å². The molecule has 0 aliphatic carbocycles. The second-order valence-corrected chi connectivity index (χ2v) is 9.10. The minimum atomic E-state index is -3.50. The van der Waals surface area contributed by atoms with E-state index in [4.69, 9.17) is 27.9 Å². The fraction of sp³-hybridized carbons (Fsp3) is 0.368. The topological polar surface area (TPSA) is 49.9 Å². The van der Waals surface area contributed by atoms with E-state index in [1.54, 1.807) is 30.3 Å². The lowest BCUT2D eigenvalue weighted by atomic mass is 10.2. The van der Waals surface area contributed by atoms with Crippen molar-refractivity contribution < 1.29 is 13.2 Å². The molecule has 0 N–H and O–H groups in total. The highest BCUT2D eigenvalue weighted by atomic mass is 35.5. The molecular weight excluding hydrogens is 407 g/mol. The van der Waals surface area contributed by atoms with Gasteiger partial charge in [0.15, 0.2) is 0 Å². The molecule has 1 aliphatic rings. The summed E-state index contributed by atoms with van der Waals surface area (Å²) < 4.78 is 32.6. The Hall–Kier alpha value is -1.31. The maximum absolute atomic E-state index is 12.8. The van der Waals surface area contributed by atoms with E-state index in [0.717, 1.165) is 5.56 Å². The van der Waals surface area contributed by atoms with Crippen LogP contribution in [0, 0.1) is 0 Å². The molecule has 1 saturated heterocycles. The molecule has 1 fully saturated rings. The Morgan fingerprint density at radius 2 is 1.67 bits per heavy atom. The minimum Gasteiger partial charge on any atom is -0.494 e. The van der Waals surface area contributed by atoms with Crippen LogP contribution in [-0.4, -0.2) is 50.4 Å². The zero-order chi connectivity index (χ0) is 19.4. The monoisotopic (exact) mass is 428 g/mol. The van der Waals surface area contributed by atoms with Crippen LogP contribution >= 0.6 is 23.2 Å². The Labute approximate surface area is 170 Å². The van der Waals surface area contributed by atoms with Crippen LogP contribution in [-0.2, 0) is 16.6 Å². The number of hydrogen-bond acceptors (Lipinski definition) is 4. The van der Waals surface area contributed by atoms with Crippen molar-refractivity contribution in [1.82, 2.24) is 9.21 Å². The van der Waals surface area contributed by atoms with Crippen molar-refractivity contribution in [1.29, 1.82) is 0 Å². The molecule has 0 bridgehead atoms. The molecule has 0 atom stereocenters. The second-order valence-electron chi connectivity index (χ2n) is 6.32. The fourth-order valence-corrected chi connectivity index (χ4v) is 4.93. The third-order valence-corrected chi connectivity index (χ3v) is 7.01. The first-order valence-electron chi connectivity index (χ1n) is 8.79. The molecule has 0 aromatic heterocycles. The van der Waals surface area contributed by atoms with E-state index in [1.807, 2.05) is 19.1 Å². The van der Waals surface area contributed by atoms with Crippen molar-refractivity contribution in [3.63, 3.8) is 0 Å². The smallest absolute Gasteiger partial charge is 0.243 e. The predicted molar refractivity (Wildman–Crippen MR) is 108 cm³/mol. The molecule has 0 saturated carbocycles. The highest BCUT2D eigenvalue weighted by Gasteiger charge is 2.28. The molecule has 0 spiro atoms. The van der Waals surface area contributed by atoms with Crippen molar-refractivity contribution in [3.05, 3.63) is 58.1 Å². The third-order valence-electron chi connectivity index (χ3n) is 4.51.